The molecule has 1 amide bonds. The van der Waals surface area contributed by atoms with Crippen molar-refractivity contribution in [2.75, 3.05) is 0 Å². The highest BCUT2D eigenvalue weighted by atomic mass is 16.3. The summed E-state index contributed by atoms with van der Waals surface area (Å²) in [6.45, 7) is 0. The molecule has 0 radical (unpaired) electrons. The average Bonchev–Trinajstić information content (AvgIpc) is 2.57. The minimum absolute atomic E-state index is 0.0114. The Morgan fingerprint density at radius 3 is 2.42 bits per heavy atom. The second-order valence-corrected chi connectivity index (χ2v) is 5.19. The van der Waals surface area contributed by atoms with Gasteiger partial charge in [0, 0.05) is 6.07 Å². The summed E-state index contributed by atoms with van der Waals surface area (Å²) >= 11 is 0. The molecule has 6 nitrogen and oxygen atoms in total. The zero-order valence-electron chi connectivity index (χ0n) is 12.5. The standard InChI is InChI=1S/C18H14N2O4/c21-15-6-5-11(7-17(15)23)10-19-20-18(24)14-8-12-3-1-2-4-13(12)9-16(14)22/h1-10,21-23H,(H,20,24)/p+1/b19-10+. The van der Waals surface area contributed by atoms with E-state index in [1.54, 1.807) is 12.1 Å². The third-order valence-electron chi connectivity index (χ3n) is 3.51. The molecule has 0 saturated heterocycles. The van der Waals surface area contributed by atoms with E-state index in [9.17, 15) is 15.0 Å². The number of phenolic OH excluding ortho intramolecular Hbond substituents is 2. The highest BCUT2D eigenvalue weighted by Crippen LogP contribution is 2.25. The number of rotatable bonds is 3. The van der Waals surface area contributed by atoms with Crippen LogP contribution in [0.2, 0.25) is 0 Å². The fraction of sp³-hybridized carbons (Fsp3) is 0. The molecule has 5 N–H and O–H groups in total. The summed E-state index contributed by atoms with van der Waals surface area (Å²) < 4.78 is 0. The minimum atomic E-state index is -0.546. The first-order valence-corrected chi connectivity index (χ1v) is 7.14. The van der Waals surface area contributed by atoms with E-state index in [0.717, 1.165) is 10.8 Å². The molecule has 0 aliphatic heterocycles. The van der Waals surface area contributed by atoms with Crippen LogP contribution in [-0.4, -0.2) is 27.4 Å². The first-order chi connectivity index (χ1) is 11.5. The Morgan fingerprint density at radius 1 is 1.00 bits per heavy atom. The number of benzene rings is 3. The lowest BCUT2D eigenvalue weighted by atomic mass is 10.1. The quantitative estimate of drug-likeness (QED) is 0.391. The van der Waals surface area contributed by atoms with E-state index in [0.29, 0.717) is 5.56 Å². The molecule has 0 unspecified atom stereocenters. The van der Waals surface area contributed by atoms with E-state index in [1.807, 2.05) is 24.3 Å². The number of carbonyl (C=O) groups is 1. The van der Waals surface area contributed by atoms with Crippen molar-refractivity contribution in [1.29, 1.82) is 0 Å². The molecule has 0 aromatic heterocycles. The molecule has 0 atom stereocenters. The molecule has 0 heterocycles. The highest BCUT2D eigenvalue weighted by Gasteiger charge is 2.11. The van der Waals surface area contributed by atoms with E-state index in [-0.39, 0.29) is 22.8 Å². The number of phenols is 2. The van der Waals surface area contributed by atoms with Crippen molar-refractivity contribution in [2.24, 2.45) is 5.10 Å². The van der Waals surface area contributed by atoms with Gasteiger partial charge < -0.3 is 15.3 Å². The Morgan fingerprint density at radius 2 is 1.71 bits per heavy atom. The van der Waals surface area contributed by atoms with Crippen LogP contribution in [0.3, 0.4) is 0 Å². The van der Waals surface area contributed by atoms with Crippen molar-refractivity contribution >= 4 is 22.9 Å². The topological polar surface area (TPSA) is 105 Å². The summed E-state index contributed by atoms with van der Waals surface area (Å²) in [5, 5.41) is 32.3. The van der Waals surface area contributed by atoms with Crippen molar-refractivity contribution in [3.8, 4) is 17.2 Å². The number of carbonyl (C=O) groups excluding carboxylic acids is 1. The van der Waals surface area contributed by atoms with Crippen LogP contribution < -0.4 is 5.43 Å². The third kappa shape index (κ3) is 3.12. The summed E-state index contributed by atoms with van der Waals surface area (Å²) in [7, 11) is 0. The first kappa shape index (κ1) is 15.4. The van der Waals surface area contributed by atoms with Crippen LogP contribution in [0.4, 0.5) is 0 Å². The molecule has 0 bridgehead atoms. The molecule has 0 aliphatic carbocycles. The molecule has 120 valence electrons. The van der Waals surface area contributed by atoms with E-state index in [4.69, 9.17) is 5.11 Å². The number of aromatic hydroxyl groups is 2. The Hall–Kier alpha value is -3.54. The average molecular weight is 323 g/mol. The molecule has 0 spiro atoms. The second kappa shape index (κ2) is 6.29. The number of nitrogens with one attached hydrogen (secondary N) is 1. The fourth-order valence-electron chi connectivity index (χ4n) is 2.26. The number of hydrogen-bond acceptors (Lipinski definition) is 4. The van der Waals surface area contributed by atoms with Gasteiger partial charge in [-0.05, 0) is 40.6 Å². The van der Waals surface area contributed by atoms with Gasteiger partial charge in [0.15, 0.2) is 0 Å². The molecule has 24 heavy (non-hydrogen) atoms. The van der Waals surface area contributed by atoms with E-state index >= 15 is 0 Å². The summed E-state index contributed by atoms with van der Waals surface area (Å²) in [5.74, 6) is -0.830. The number of hydrogen-bond donors (Lipinski definition) is 3. The van der Waals surface area contributed by atoms with Gasteiger partial charge in [0.05, 0.1) is 11.8 Å². The smallest absolute Gasteiger partial charge is 0.296 e. The van der Waals surface area contributed by atoms with Crippen LogP contribution in [0.25, 0.3) is 10.8 Å². The predicted molar refractivity (Wildman–Crippen MR) is 91.8 cm³/mol. The lowest BCUT2D eigenvalue weighted by Crippen LogP contribution is -2.17. The van der Waals surface area contributed by atoms with Gasteiger partial charge >= 0.3 is 0 Å². The zero-order chi connectivity index (χ0) is 17.1. The number of nitrogens with zero attached hydrogens (tertiary/aromatic N) is 1. The maximum atomic E-state index is 12.2. The minimum Gasteiger partial charge on any atom is -0.591 e. The van der Waals surface area contributed by atoms with Crippen molar-refractivity contribution in [3.63, 3.8) is 0 Å². The Balaban J connectivity index is 1.78. The summed E-state index contributed by atoms with van der Waals surface area (Å²) in [6.07, 6.45) is 1.34. The van der Waals surface area contributed by atoms with Crippen LogP contribution in [-0.2, 0) is 0 Å². The van der Waals surface area contributed by atoms with Crippen LogP contribution in [0, 0.1) is 0 Å². The molecular weight excluding hydrogens is 308 g/mol. The molecule has 3 aromatic carbocycles. The maximum Gasteiger partial charge on any atom is 0.296 e. The van der Waals surface area contributed by atoms with Crippen LogP contribution in [0.15, 0.2) is 59.7 Å². The Labute approximate surface area is 137 Å². The van der Waals surface area contributed by atoms with Gasteiger partial charge in [-0.25, -0.2) is 5.43 Å². The van der Waals surface area contributed by atoms with Gasteiger partial charge in [-0.3, -0.25) is 4.79 Å². The lowest BCUT2D eigenvalue weighted by Gasteiger charge is -2.05. The normalized spacial score (nSPS) is 11.0. The molecule has 0 fully saturated rings. The fourth-order valence-corrected chi connectivity index (χ4v) is 2.26. The van der Waals surface area contributed by atoms with Gasteiger partial charge in [0.1, 0.15) is 5.75 Å². The van der Waals surface area contributed by atoms with Gasteiger partial charge in [0.2, 0.25) is 5.75 Å². The van der Waals surface area contributed by atoms with Gasteiger partial charge in [0.25, 0.3) is 11.7 Å². The summed E-state index contributed by atoms with van der Waals surface area (Å²) in [4.78, 5) is 12.2. The van der Waals surface area contributed by atoms with Crippen LogP contribution in [0.1, 0.15) is 15.9 Å². The summed E-state index contributed by atoms with van der Waals surface area (Å²) in [6, 6.07) is 14.9. The van der Waals surface area contributed by atoms with Crippen LogP contribution >= 0.6 is 0 Å². The second-order valence-electron chi connectivity index (χ2n) is 5.19. The Kier molecular flexibility index (Phi) is 4.03. The zero-order valence-corrected chi connectivity index (χ0v) is 12.5. The number of fused-ring (bicyclic) bond motifs is 1. The molecule has 6 heteroatoms. The molecular formula is C18H15N2O4+. The van der Waals surface area contributed by atoms with Gasteiger partial charge in [-0.15, -0.1) is 0 Å². The monoisotopic (exact) mass is 323 g/mol. The van der Waals surface area contributed by atoms with Crippen molar-refractivity contribution < 1.29 is 20.1 Å². The molecule has 0 saturated carbocycles. The van der Waals surface area contributed by atoms with Crippen molar-refractivity contribution in [1.82, 2.24) is 5.43 Å². The van der Waals surface area contributed by atoms with Crippen molar-refractivity contribution in [3.05, 3.63) is 65.7 Å². The van der Waals surface area contributed by atoms with E-state index in [1.165, 1.54) is 24.4 Å². The third-order valence-corrected chi connectivity index (χ3v) is 3.51. The summed E-state index contributed by atoms with van der Waals surface area (Å²) in [5.41, 5.74) is 2.98. The SMILES string of the molecule is O=C(N/N=C/c1ccc([OH2+])c(O)c1)c1cc2ccccc2cc1O. The molecule has 3 rings (SSSR count). The molecule has 0 aliphatic rings. The largest absolute Gasteiger partial charge is 0.591 e. The first-order valence-electron chi connectivity index (χ1n) is 7.14. The van der Waals surface area contributed by atoms with E-state index < -0.39 is 5.91 Å². The predicted octanol–water partition coefficient (Wildman–Crippen LogP) is 2.45. The van der Waals surface area contributed by atoms with Gasteiger partial charge in [-0.2, -0.15) is 5.10 Å². The number of hydrazone groups is 1. The maximum absolute atomic E-state index is 12.2. The lowest BCUT2D eigenvalue weighted by molar-refractivity contribution is 0.0952. The van der Waals surface area contributed by atoms with Crippen molar-refractivity contribution in [2.45, 2.75) is 0 Å². The van der Waals surface area contributed by atoms with E-state index in [2.05, 4.69) is 10.5 Å². The Bertz CT molecular complexity index is 951. The van der Waals surface area contributed by atoms with Gasteiger partial charge in [-0.1, -0.05) is 24.3 Å². The van der Waals surface area contributed by atoms with Crippen LogP contribution in [0.5, 0.6) is 17.2 Å². The number of amides is 1. The highest BCUT2D eigenvalue weighted by molar-refractivity contribution is 6.01. The molecule has 3 aromatic rings.